The second kappa shape index (κ2) is 5.00. The van der Waals surface area contributed by atoms with E-state index < -0.39 is 6.86 Å². The van der Waals surface area contributed by atoms with Crippen molar-refractivity contribution < 1.29 is 9.13 Å². The minimum Gasteiger partial charge on any atom is -0.350 e. The summed E-state index contributed by atoms with van der Waals surface area (Å²) < 4.78 is 15.7. The molecule has 2 N–H and O–H groups in total. The predicted octanol–water partition coefficient (Wildman–Crippen LogP) is 0.525. The van der Waals surface area contributed by atoms with Gasteiger partial charge in [0.2, 0.25) is 0 Å². The third kappa shape index (κ3) is 4.02. The molecule has 0 aliphatic rings. The van der Waals surface area contributed by atoms with Gasteiger partial charge in [0.25, 0.3) is 0 Å². The van der Waals surface area contributed by atoms with Gasteiger partial charge in [-0.3, -0.25) is 0 Å². The van der Waals surface area contributed by atoms with Crippen LogP contribution in [0.4, 0.5) is 4.39 Å². The molecule has 0 spiro atoms. The van der Waals surface area contributed by atoms with Gasteiger partial charge in [-0.05, 0) is 12.5 Å². The smallest absolute Gasteiger partial charge is 0.188 e. The summed E-state index contributed by atoms with van der Waals surface area (Å²) in [6, 6.07) is 0. The minimum absolute atomic E-state index is 0.269. The lowest BCUT2D eigenvalue weighted by molar-refractivity contribution is 0.0398. The van der Waals surface area contributed by atoms with Crippen molar-refractivity contribution in [2.24, 2.45) is 11.7 Å². The van der Waals surface area contributed by atoms with E-state index in [1.165, 1.54) is 0 Å². The predicted molar refractivity (Wildman–Crippen MR) is 30.1 cm³/mol. The largest absolute Gasteiger partial charge is 0.350 e. The zero-order valence-electron chi connectivity index (χ0n) is 5.06. The summed E-state index contributed by atoms with van der Waals surface area (Å²) in [7, 11) is 0. The molecule has 0 aromatic rings. The molecule has 0 amide bonds. The highest BCUT2D eigenvalue weighted by molar-refractivity contribution is 4.48. The van der Waals surface area contributed by atoms with Crippen LogP contribution in [0.1, 0.15) is 6.92 Å². The fourth-order valence-electron chi connectivity index (χ4n) is 0.314. The Hall–Kier alpha value is -0.150. The number of halogens is 1. The van der Waals surface area contributed by atoms with Gasteiger partial charge in [0.15, 0.2) is 6.86 Å². The molecule has 50 valence electrons. The van der Waals surface area contributed by atoms with Crippen LogP contribution in [0.3, 0.4) is 0 Å². The maximum atomic E-state index is 11.2. The number of ether oxygens (including phenoxy) is 1. The van der Waals surface area contributed by atoms with E-state index in [2.05, 4.69) is 4.74 Å². The Balaban J connectivity index is 2.86. The maximum Gasteiger partial charge on any atom is 0.188 e. The molecular weight excluding hydrogens is 109 g/mol. The number of hydrogen-bond acceptors (Lipinski definition) is 2. The van der Waals surface area contributed by atoms with Gasteiger partial charge < -0.3 is 10.5 Å². The fraction of sp³-hybridized carbons (Fsp3) is 1.00. The van der Waals surface area contributed by atoms with Crippen LogP contribution in [0, 0.1) is 5.92 Å². The zero-order valence-corrected chi connectivity index (χ0v) is 5.06. The third-order valence-corrected chi connectivity index (χ3v) is 0.882. The summed E-state index contributed by atoms with van der Waals surface area (Å²) in [4.78, 5) is 0. The van der Waals surface area contributed by atoms with E-state index >= 15 is 0 Å². The fourth-order valence-corrected chi connectivity index (χ4v) is 0.314. The van der Waals surface area contributed by atoms with Crippen LogP contribution in [0.5, 0.6) is 0 Å². The number of rotatable bonds is 4. The average molecular weight is 121 g/mol. The maximum absolute atomic E-state index is 11.2. The first-order valence-electron chi connectivity index (χ1n) is 2.65. The van der Waals surface area contributed by atoms with Crippen molar-refractivity contribution in [1.82, 2.24) is 0 Å². The Labute approximate surface area is 48.8 Å². The zero-order chi connectivity index (χ0) is 6.41. The monoisotopic (exact) mass is 121 g/mol. The third-order valence-electron chi connectivity index (χ3n) is 0.882. The van der Waals surface area contributed by atoms with Crippen molar-refractivity contribution in [2.75, 3.05) is 20.0 Å². The molecule has 1 unspecified atom stereocenters. The molecule has 0 fully saturated rings. The number of nitrogens with two attached hydrogens (primary N) is 1. The average Bonchev–Trinajstić information content (AvgIpc) is 1.83. The standard InChI is InChI=1S/C5H12FNO/c1-5(2-7)3-8-4-6/h5H,2-4,7H2,1H3. The van der Waals surface area contributed by atoms with Crippen LogP contribution >= 0.6 is 0 Å². The molecule has 8 heavy (non-hydrogen) atoms. The van der Waals surface area contributed by atoms with Crippen molar-refractivity contribution >= 4 is 0 Å². The molecule has 0 radical (unpaired) electrons. The van der Waals surface area contributed by atoms with E-state index in [0.29, 0.717) is 13.2 Å². The van der Waals surface area contributed by atoms with Gasteiger partial charge in [-0.25, -0.2) is 4.39 Å². The van der Waals surface area contributed by atoms with Gasteiger partial charge in [0.1, 0.15) is 0 Å². The highest BCUT2D eigenvalue weighted by Gasteiger charge is 1.95. The Morgan fingerprint density at radius 1 is 1.75 bits per heavy atom. The second-order valence-corrected chi connectivity index (χ2v) is 1.82. The summed E-state index contributed by atoms with van der Waals surface area (Å²) in [5, 5.41) is 0. The highest BCUT2D eigenvalue weighted by Crippen LogP contribution is 1.90. The van der Waals surface area contributed by atoms with Crippen molar-refractivity contribution in [2.45, 2.75) is 6.92 Å². The quantitative estimate of drug-likeness (QED) is 0.588. The van der Waals surface area contributed by atoms with E-state index in [1.54, 1.807) is 0 Å². The molecule has 0 heterocycles. The van der Waals surface area contributed by atoms with E-state index in [-0.39, 0.29) is 5.92 Å². The Morgan fingerprint density at radius 3 is 2.75 bits per heavy atom. The Bertz CT molecular complexity index is 51.7. The summed E-state index contributed by atoms with van der Waals surface area (Å²) >= 11 is 0. The highest BCUT2D eigenvalue weighted by atomic mass is 19.1. The van der Waals surface area contributed by atoms with Gasteiger partial charge in [-0.1, -0.05) is 6.92 Å². The van der Waals surface area contributed by atoms with Crippen molar-refractivity contribution in [3.8, 4) is 0 Å². The van der Waals surface area contributed by atoms with E-state index in [4.69, 9.17) is 5.73 Å². The van der Waals surface area contributed by atoms with E-state index in [1.807, 2.05) is 6.92 Å². The lowest BCUT2D eigenvalue weighted by Crippen LogP contribution is -2.16. The van der Waals surface area contributed by atoms with Crippen LogP contribution < -0.4 is 5.73 Å². The first-order valence-corrected chi connectivity index (χ1v) is 2.65. The van der Waals surface area contributed by atoms with Gasteiger partial charge in [0, 0.05) is 0 Å². The summed E-state index contributed by atoms with van der Waals surface area (Å²) in [5.74, 6) is 0.269. The normalized spacial score (nSPS) is 13.9. The molecule has 2 nitrogen and oxygen atoms in total. The number of alkyl halides is 1. The lowest BCUT2D eigenvalue weighted by atomic mass is 10.2. The van der Waals surface area contributed by atoms with Crippen LogP contribution in [0.25, 0.3) is 0 Å². The Morgan fingerprint density at radius 2 is 2.38 bits per heavy atom. The summed E-state index contributed by atoms with van der Waals surface area (Å²) in [6.45, 7) is 2.19. The molecule has 0 aliphatic carbocycles. The van der Waals surface area contributed by atoms with Crippen LogP contribution in [-0.2, 0) is 4.74 Å². The summed E-state index contributed by atoms with van der Waals surface area (Å²) in [5.41, 5.74) is 5.21. The molecule has 1 atom stereocenters. The Kier molecular flexibility index (Phi) is 4.90. The van der Waals surface area contributed by atoms with Gasteiger partial charge in [0.05, 0.1) is 6.61 Å². The molecule has 0 saturated carbocycles. The molecule has 0 aromatic carbocycles. The van der Waals surface area contributed by atoms with Crippen LogP contribution in [0.15, 0.2) is 0 Å². The summed E-state index contributed by atoms with van der Waals surface area (Å²) in [6.07, 6.45) is 0. The van der Waals surface area contributed by atoms with Crippen LogP contribution in [-0.4, -0.2) is 20.0 Å². The lowest BCUT2D eigenvalue weighted by Gasteiger charge is -2.04. The van der Waals surface area contributed by atoms with Crippen LogP contribution in [0.2, 0.25) is 0 Å². The molecule has 0 aliphatic heterocycles. The SMILES string of the molecule is CC(CN)COCF. The molecule has 0 rings (SSSR count). The van der Waals surface area contributed by atoms with E-state index in [0.717, 1.165) is 0 Å². The van der Waals surface area contributed by atoms with Crippen molar-refractivity contribution in [1.29, 1.82) is 0 Å². The van der Waals surface area contributed by atoms with Gasteiger partial charge in [-0.2, -0.15) is 0 Å². The minimum atomic E-state index is -0.704. The second-order valence-electron chi connectivity index (χ2n) is 1.82. The van der Waals surface area contributed by atoms with Crippen molar-refractivity contribution in [3.63, 3.8) is 0 Å². The topological polar surface area (TPSA) is 35.2 Å². The van der Waals surface area contributed by atoms with Crippen molar-refractivity contribution in [3.05, 3.63) is 0 Å². The number of hydrogen-bond donors (Lipinski definition) is 1. The molecular formula is C5H12FNO. The first-order chi connectivity index (χ1) is 3.81. The van der Waals surface area contributed by atoms with Gasteiger partial charge in [-0.15, -0.1) is 0 Å². The molecule has 0 saturated heterocycles. The molecule has 3 heteroatoms. The van der Waals surface area contributed by atoms with Gasteiger partial charge >= 0.3 is 0 Å². The first kappa shape index (κ1) is 7.85. The molecule has 0 aromatic heterocycles. The van der Waals surface area contributed by atoms with E-state index in [9.17, 15) is 4.39 Å². The molecule has 0 bridgehead atoms.